The van der Waals surface area contributed by atoms with E-state index in [4.69, 9.17) is 0 Å². The van der Waals surface area contributed by atoms with Crippen molar-refractivity contribution in [3.63, 3.8) is 0 Å². The Morgan fingerprint density at radius 2 is 1.04 bits per heavy atom. The summed E-state index contributed by atoms with van der Waals surface area (Å²) in [6.45, 7) is 0. The molecule has 170 valence electrons. The Labute approximate surface area is 154 Å². The second-order valence-electron chi connectivity index (χ2n) is 4.41. The van der Waals surface area contributed by atoms with Crippen LogP contribution in [0.15, 0.2) is 0 Å². The Kier molecular flexibility index (Phi) is 6.91. The molecule has 0 aromatic rings. The van der Waals surface area contributed by atoms with Crippen LogP contribution >= 0.6 is 23.2 Å². The summed E-state index contributed by atoms with van der Waals surface area (Å²) in [6, 6.07) is 0. The number of nitrogens with two attached hydrogens (primary N) is 1. The molecule has 0 bridgehead atoms. The molecule has 0 saturated carbocycles. The zero-order valence-electron chi connectivity index (χ0n) is 11.8. The van der Waals surface area contributed by atoms with Crippen LogP contribution in [0.4, 0.5) is 57.1 Å². The fourth-order valence-corrected chi connectivity index (χ4v) is 1.48. The van der Waals surface area contributed by atoms with Crippen molar-refractivity contribution >= 4 is 33.2 Å². The Hall–Kier alpha value is -0.500. The highest BCUT2D eigenvalue weighted by Crippen LogP contribution is 2.55. The minimum atomic E-state index is -7.61. The van der Waals surface area contributed by atoms with Gasteiger partial charge in [-0.3, -0.25) is 9.47 Å². The summed E-state index contributed by atoms with van der Waals surface area (Å²) in [5, 5.41) is -15.3. The molecule has 0 aromatic heterocycles. The lowest BCUT2D eigenvalue weighted by atomic mass is 10.2. The molecular weight excluding hydrogens is 512 g/mol. The lowest BCUT2D eigenvalue weighted by Gasteiger charge is -2.38. The molecule has 0 spiro atoms. The van der Waals surface area contributed by atoms with Gasteiger partial charge in [0.15, 0.2) is 0 Å². The zero-order chi connectivity index (χ0) is 23.4. The van der Waals surface area contributed by atoms with E-state index in [-0.39, 0.29) is 0 Å². The van der Waals surface area contributed by atoms with Gasteiger partial charge in [0.2, 0.25) is 0 Å². The van der Waals surface area contributed by atoms with Crippen molar-refractivity contribution in [3.05, 3.63) is 0 Å². The van der Waals surface area contributed by atoms with Gasteiger partial charge in [-0.25, -0.2) is 13.6 Å². The maximum atomic E-state index is 13.6. The highest BCUT2D eigenvalue weighted by atomic mass is 35.5. The van der Waals surface area contributed by atoms with Gasteiger partial charge in [0.25, 0.3) is 10.0 Å². The summed E-state index contributed by atoms with van der Waals surface area (Å²) in [4.78, 5) is 0. The molecular formula is C7H2Cl2F13NO4S. The van der Waals surface area contributed by atoms with Gasteiger partial charge in [-0.1, -0.05) is 0 Å². The Morgan fingerprint density at radius 3 is 1.29 bits per heavy atom. The summed E-state index contributed by atoms with van der Waals surface area (Å²) >= 11 is 7.65. The van der Waals surface area contributed by atoms with Crippen molar-refractivity contribution in [1.82, 2.24) is 0 Å². The number of rotatable bonds is 8. The maximum absolute atomic E-state index is 13.6. The van der Waals surface area contributed by atoms with Gasteiger partial charge in [-0.2, -0.15) is 57.1 Å². The molecule has 2 unspecified atom stereocenters. The predicted octanol–water partition coefficient (Wildman–Crippen LogP) is 4.01. The number of sulfonamides is 1. The van der Waals surface area contributed by atoms with E-state index in [2.05, 4.69) is 28.3 Å². The third-order valence-electron chi connectivity index (χ3n) is 2.29. The molecule has 0 aliphatic heterocycles. The second-order valence-corrected chi connectivity index (χ2v) is 6.97. The SMILES string of the molecule is NS(=O)(=O)C(F)(F)C(F)(F)OC(F)(C(F)(F)F)C(F)(F)OC(F)(Cl)C(F)(F)Cl. The number of hydrogen-bond acceptors (Lipinski definition) is 4. The molecule has 0 radical (unpaired) electrons. The predicted molar refractivity (Wildman–Crippen MR) is 60.5 cm³/mol. The summed E-state index contributed by atoms with van der Waals surface area (Å²) in [7, 11) is -6.95. The van der Waals surface area contributed by atoms with E-state index in [9.17, 15) is 65.5 Å². The third kappa shape index (κ3) is 4.79. The first-order chi connectivity index (χ1) is 11.7. The van der Waals surface area contributed by atoms with Crippen molar-refractivity contribution < 1.29 is 75.0 Å². The van der Waals surface area contributed by atoms with Crippen LogP contribution in [0.25, 0.3) is 0 Å². The van der Waals surface area contributed by atoms with E-state index in [1.165, 1.54) is 0 Å². The van der Waals surface area contributed by atoms with Crippen molar-refractivity contribution in [2.24, 2.45) is 5.14 Å². The number of ether oxygens (including phenoxy) is 2. The summed E-state index contributed by atoms with van der Waals surface area (Å²) in [5.74, 6) is -7.61. The normalized spacial score (nSPS) is 19.9. The molecule has 0 amide bonds. The van der Waals surface area contributed by atoms with Crippen LogP contribution < -0.4 is 5.14 Å². The van der Waals surface area contributed by atoms with Crippen molar-refractivity contribution in [1.29, 1.82) is 0 Å². The largest absolute Gasteiger partial charge is 0.458 e. The molecule has 2 atom stereocenters. The van der Waals surface area contributed by atoms with E-state index in [1.54, 1.807) is 4.74 Å². The van der Waals surface area contributed by atoms with Crippen LogP contribution in [0, 0.1) is 0 Å². The fourth-order valence-electron chi connectivity index (χ4n) is 0.968. The first-order valence-electron chi connectivity index (χ1n) is 5.42. The fraction of sp³-hybridized carbons (Fsp3) is 1.00. The van der Waals surface area contributed by atoms with E-state index >= 15 is 0 Å². The second kappa shape index (κ2) is 7.03. The van der Waals surface area contributed by atoms with E-state index in [0.717, 1.165) is 0 Å². The molecule has 0 saturated heterocycles. The highest BCUT2D eigenvalue weighted by molar-refractivity contribution is 7.90. The molecule has 0 fully saturated rings. The standard InChI is InChI=1S/C7H2Cl2F13NO4S/c8-2(11,12)3(9,13)27-5(17,18)1(10,4(14,15)16)26-6(19,20)7(21,22)28(23,24)25/h(H2,23,24,25). The number of halogens is 15. The van der Waals surface area contributed by atoms with Gasteiger partial charge in [-0.05, 0) is 23.2 Å². The number of primary sulfonamides is 1. The summed E-state index contributed by atoms with van der Waals surface area (Å²) < 4.78 is 191. The van der Waals surface area contributed by atoms with Gasteiger partial charge in [0.1, 0.15) is 0 Å². The Morgan fingerprint density at radius 1 is 0.679 bits per heavy atom. The van der Waals surface area contributed by atoms with Crippen LogP contribution in [-0.2, 0) is 19.5 Å². The van der Waals surface area contributed by atoms with Gasteiger partial charge in [0.05, 0.1) is 0 Å². The zero-order valence-corrected chi connectivity index (χ0v) is 14.1. The van der Waals surface area contributed by atoms with Gasteiger partial charge in [-0.15, -0.1) is 0 Å². The van der Waals surface area contributed by atoms with Gasteiger partial charge >= 0.3 is 40.2 Å². The molecule has 21 heteroatoms. The first-order valence-corrected chi connectivity index (χ1v) is 7.73. The minimum absolute atomic E-state index is 1.58. The molecule has 0 aliphatic carbocycles. The molecule has 2 N–H and O–H groups in total. The first kappa shape index (κ1) is 27.5. The van der Waals surface area contributed by atoms with Crippen LogP contribution in [0.3, 0.4) is 0 Å². The van der Waals surface area contributed by atoms with Gasteiger partial charge < -0.3 is 0 Å². The van der Waals surface area contributed by atoms with Crippen LogP contribution in [0.5, 0.6) is 0 Å². The molecule has 0 aliphatic rings. The number of hydrogen-bond donors (Lipinski definition) is 1. The molecule has 0 heterocycles. The van der Waals surface area contributed by atoms with E-state index in [0.29, 0.717) is 0 Å². The van der Waals surface area contributed by atoms with Crippen molar-refractivity contribution in [3.8, 4) is 0 Å². The quantitative estimate of drug-likeness (QED) is 0.393. The smallest absolute Gasteiger partial charge is 0.262 e. The summed E-state index contributed by atoms with van der Waals surface area (Å²) in [5.41, 5.74) is 0. The minimum Gasteiger partial charge on any atom is -0.262 e. The lowest BCUT2D eigenvalue weighted by Crippen LogP contribution is -2.66. The third-order valence-corrected chi connectivity index (χ3v) is 3.90. The number of alkyl halides is 15. The summed E-state index contributed by atoms with van der Waals surface area (Å²) in [6.07, 6.45) is -22.4. The Balaban J connectivity index is 6.45. The van der Waals surface area contributed by atoms with E-state index < -0.39 is 50.2 Å². The topological polar surface area (TPSA) is 78.6 Å². The van der Waals surface area contributed by atoms with Crippen LogP contribution in [0.1, 0.15) is 0 Å². The lowest BCUT2D eigenvalue weighted by molar-refractivity contribution is -0.525. The monoisotopic (exact) mass is 513 g/mol. The van der Waals surface area contributed by atoms with E-state index in [1.807, 2.05) is 4.74 Å². The Bertz CT molecular complexity index is 690. The average Bonchev–Trinajstić information content (AvgIpc) is 2.31. The molecule has 0 rings (SSSR count). The van der Waals surface area contributed by atoms with Crippen molar-refractivity contribution in [2.45, 2.75) is 40.2 Å². The average molecular weight is 514 g/mol. The van der Waals surface area contributed by atoms with Gasteiger partial charge in [0, 0.05) is 0 Å². The highest BCUT2D eigenvalue weighted by Gasteiger charge is 2.83. The van der Waals surface area contributed by atoms with Crippen LogP contribution in [-0.4, -0.2) is 48.6 Å². The van der Waals surface area contributed by atoms with Crippen LogP contribution in [0.2, 0.25) is 0 Å². The molecule has 0 aromatic carbocycles. The molecule has 28 heavy (non-hydrogen) atoms. The van der Waals surface area contributed by atoms with Crippen molar-refractivity contribution in [2.75, 3.05) is 0 Å². The molecule has 5 nitrogen and oxygen atoms in total. The maximum Gasteiger partial charge on any atom is 0.458 e.